The molecule has 1 N–H and O–H groups in total. The molecular weight excluding hydrogens is 388 g/mol. The van der Waals surface area contributed by atoms with Crippen molar-refractivity contribution >= 4 is 46.2 Å². The summed E-state index contributed by atoms with van der Waals surface area (Å²) in [5.74, 6) is -0.644. The number of hydrogen-bond acceptors (Lipinski definition) is 6. The van der Waals surface area contributed by atoms with Crippen LogP contribution < -0.4 is 19.9 Å². The van der Waals surface area contributed by atoms with Crippen LogP contribution in [0.3, 0.4) is 0 Å². The van der Waals surface area contributed by atoms with Crippen LogP contribution in [-0.2, 0) is 9.59 Å². The van der Waals surface area contributed by atoms with Crippen molar-refractivity contribution in [1.82, 2.24) is 0 Å². The summed E-state index contributed by atoms with van der Waals surface area (Å²) in [6.45, 7) is -0.575. The smallest absolute Gasteiger partial charge is 0.271 e. The second-order valence-corrected chi connectivity index (χ2v) is 6.66. The average Bonchev–Trinajstić information content (AvgIpc) is 2.63. The SMILES string of the molecule is CN(C)c1c(Cl)cccc1NC(=O)CN1C(=O)COc2ccc([N+](=O)[O-])cc21. The summed E-state index contributed by atoms with van der Waals surface area (Å²) in [4.78, 5) is 38.3. The normalized spacial score (nSPS) is 12.8. The molecule has 0 saturated carbocycles. The molecule has 0 radical (unpaired) electrons. The summed E-state index contributed by atoms with van der Waals surface area (Å²) < 4.78 is 5.30. The van der Waals surface area contributed by atoms with Crippen LogP contribution in [0.15, 0.2) is 36.4 Å². The Hall–Kier alpha value is -3.33. The Labute approximate surface area is 165 Å². The topological polar surface area (TPSA) is 105 Å². The Morgan fingerprint density at radius 1 is 1.36 bits per heavy atom. The third kappa shape index (κ3) is 3.84. The molecule has 2 amide bonds. The van der Waals surface area contributed by atoms with Gasteiger partial charge in [-0.1, -0.05) is 17.7 Å². The number of nitrogens with zero attached hydrogens (tertiary/aromatic N) is 3. The van der Waals surface area contributed by atoms with Crippen molar-refractivity contribution < 1.29 is 19.2 Å². The van der Waals surface area contributed by atoms with E-state index in [0.29, 0.717) is 22.1 Å². The van der Waals surface area contributed by atoms with E-state index in [1.165, 1.54) is 23.1 Å². The summed E-state index contributed by atoms with van der Waals surface area (Å²) in [7, 11) is 3.58. The van der Waals surface area contributed by atoms with Gasteiger partial charge in [0.15, 0.2) is 6.61 Å². The molecule has 10 heteroatoms. The molecule has 9 nitrogen and oxygen atoms in total. The molecular formula is C18H17ClN4O5. The first-order valence-electron chi connectivity index (χ1n) is 8.25. The first-order chi connectivity index (χ1) is 13.3. The number of anilines is 3. The minimum atomic E-state index is -0.576. The van der Waals surface area contributed by atoms with Gasteiger partial charge in [0, 0.05) is 26.2 Å². The van der Waals surface area contributed by atoms with Crippen LogP contribution >= 0.6 is 11.6 Å². The Balaban J connectivity index is 1.86. The van der Waals surface area contributed by atoms with Crippen molar-refractivity contribution in [2.24, 2.45) is 0 Å². The van der Waals surface area contributed by atoms with Gasteiger partial charge in [-0.05, 0) is 18.2 Å². The van der Waals surface area contributed by atoms with Crippen molar-refractivity contribution in [1.29, 1.82) is 0 Å². The van der Waals surface area contributed by atoms with Crippen LogP contribution in [0.25, 0.3) is 0 Å². The van der Waals surface area contributed by atoms with Crippen LogP contribution in [0.5, 0.6) is 5.75 Å². The van der Waals surface area contributed by atoms with Gasteiger partial charge in [0.25, 0.3) is 11.6 Å². The third-order valence-corrected chi connectivity index (χ3v) is 4.41. The van der Waals surface area contributed by atoms with Gasteiger partial charge < -0.3 is 15.0 Å². The summed E-state index contributed by atoms with van der Waals surface area (Å²) >= 11 is 6.20. The standard InChI is InChI=1S/C18H17ClN4O5/c1-21(2)18-12(19)4-3-5-13(18)20-16(24)9-22-14-8-11(23(26)27)6-7-15(14)28-10-17(22)25/h3-8H,9-10H2,1-2H3,(H,20,24). The van der Waals surface area contributed by atoms with E-state index in [-0.39, 0.29) is 24.5 Å². The van der Waals surface area contributed by atoms with E-state index < -0.39 is 16.7 Å². The third-order valence-electron chi connectivity index (χ3n) is 4.11. The van der Waals surface area contributed by atoms with E-state index in [4.69, 9.17) is 16.3 Å². The molecule has 1 aliphatic rings. The van der Waals surface area contributed by atoms with E-state index in [0.717, 1.165) is 0 Å². The molecule has 28 heavy (non-hydrogen) atoms. The fourth-order valence-corrected chi connectivity index (χ4v) is 3.23. The zero-order chi connectivity index (χ0) is 20.4. The number of nitro groups is 1. The molecule has 0 aliphatic carbocycles. The molecule has 1 aliphatic heterocycles. The van der Waals surface area contributed by atoms with E-state index in [1.807, 2.05) is 0 Å². The molecule has 0 spiro atoms. The second kappa shape index (κ2) is 7.73. The lowest BCUT2D eigenvalue weighted by atomic mass is 10.2. The highest BCUT2D eigenvalue weighted by Gasteiger charge is 2.29. The summed E-state index contributed by atoms with van der Waals surface area (Å²) in [6.07, 6.45) is 0. The number of rotatable bonds is 5. The maximum atomic E-state index is 12.6. The molecule has 2 aromatic carbocycles. The number of amides is 2. The van der Waals surface area contributed by atoms with Crippen LogP contribution in [-0.4, -0.2) is 44.0 Å². The minimum Gasteiger partial charge on any atom is -0.482 e. The highest BCUT2D eigenvalue weighted by molar-refractivity contribution is 6.34. The molecule has 2 aromatic rings. The number of benzene rings is 2. The van der Waals surface area contributed by atoms with Gasteiger partial charge in [-0.15, -0.1) is 0 Å². The van der Waals surface area contributed by atoms with Crippen molar-refractivity contribution in [3.05, 3.63) is 51.5 Å². The van der Waals surface area contributed by atoms with Gasteiger partial charge in [-0.25, -0.2) is 0 Å². The Morgan fingerprint density at radius 2 is 2.11 bits per heavy atom. The molecule has 0 fully saturated rings. The quantitative estimate of drug-likeness (QED) is 0.606. The lowest BCUT2D eigenvalue weighted by molar-refractivity contribution is -0.384. The van der Waals surface area contributed by atoms with Gasteiger partial charge in [0.05, 0.1) is 27.0 Å². The predicted octanol–water partition coefficient (Wildman–Crippen LogP) is 2.68. The second-order valence-electron chi connectivity index (χ2n) is 6.26. The first-order valence-corrected chi connectivity index (χ1v) is 8.63. The Bertz CT molecular complexity index is 963. The number of fused-ring (bicyclic) bond motifs is 1. The minimum absolute atomic E-state index is 0.180. The summed E-state index contributed by atoms with van der Waals surface area (Å²) in [5, 5.41) is 14.2. The number of carbonyl (C=O) groups is 2. The summed E-state index contributed by atoms with van der Waals surface area (Å²) in [5.41, 5.74) is 1.09. The van der Waals surface area contributed by atoms with E-state index in [2.05, 4.69) is 5.32 Å². The lowest BCUT2D eigenvalue weighted by Crippen LogP contribution is -2.43. The van der Waals surface area contributed by atoms with Gasteiger partial charge in [-0.3, -0.25) is 24.6 Å². The zero-order valence-electron chi connectivity index (χ0n) is 15.1. The molecule has 0 aromatic heterocycles. The van der Waals surface area contributed by atoms with Crippen molar-refractivity contribution in [3.63, 3.8) is 0 Å². The van der Waals surface area contributed by atoms with Gasteiger partial charge in [0.2, 0.25) is 5.91 Å². The van der Waals surface area contributed by atoms with Crippen LogP contribution in [0.1, 0.15) is 0 Å². The maximum Gasteiger partial charge on any atom is 0.271 e. The van der Waals surface area contributed by atoms with Crippen LogP contribution in [0.2, 0.25) is 5.02 Å². The monoisotopic (exact) mass is 404 g/mol. The Kier molecular flexibility index (Phi) is 5.36. The molecule has 0 saturated heterocycles. The largest absolute Gasteiger partial charge is 0.482 e. The van der Waals surface area contributed by atoms with Gasteiger partial charge >= 0.3 is 0 Å². The molecule has 3 rings (SSSR count). The van der Waals surface area contributed by atoms with Gasteiger partial charge in [0.1, 0.15) is 12.3 Å². The number of nitrogens with one attached hydrogen (secondary N) is 1. The van der Waals surface area contributed by atoms with Gasteiger partial charge in [-0.2, -0.15) is 0 Å². The predicted molar refractivity (Wildman–Crippen MR) is 105 cm³/mol. The number of carbonyl (C=O) groups excluding carboxylic acids is 2. The number of hydrogen-bond donors (Lipinski definition) is 1. The lowest BCUT2D eigenvalue weighted by Gasteiger charge is -2.29. The van der Waals surface area contributed by atoms with Crippen LogP contribution in [0.4, 0.5) is 22.7 Å². The highest BCUT2D eigenvalue weighted by Crippen LogP contribution is 2.36. The number of halogens is 1. The summed E-state index contributed by atoms with van der Waals surface area (Å²) in [6, 6.07) is 8.99. The van der Waals surface area contributed by atoms with Crippen LogP contribution in [0, 0.1) is 10.1 Å². The van der Waals surface area contributed by atoms with E-state index in [9.17, 15) is 19.7 Å². The van der Waals surface area contributed by atoms with Crippen molar-refractivity contribution in [2.45, 2.75) is 0 Å². The van der Waals surface area contributed by atoms with E-state index >= 15 is 0 Å². The molecule has 0 atom stereocenters. The zero-order valence-corrected chi connectivity index (χ0v) is 15.9. The van der Waals surface area contributed by atoms with Crippen molar-refractivity contribution in [2.75, 3.05) is 42.4 Å². The first kappa shape index (κ1) is 19.4. The van der Waals surface area contributed by atoms with Crippen molar-refractivity contribution in [3.8, 4) is 5.75 Å². The molecule has 1 heterocycles. The fraction of sp³-hybridized carbons (Fsp3) is 0.222. The number of non-ortho nitro benzene ring substituents is 1. The molecule has 146 valence electrons. The number of nitro benzene ring substituents is 1. The fourth-order valence-electron chi connectivity index (χ4n) is 2.88. The number of para-hydroxylation sites is 1. The Morgan fingerprint density at radius 3 is 2.79 bits per heavy atom. The maximum absolute atomic E-state index is 12.6. The molecule has 0 bridgehead atoms. The number of ether oxygens (including phenoxy) is 1. The highest BCUT2D eigenvalue weighted by atomic mass is 35.5. The van der Waals surface area contributed by atoms with E-state index in [1.54, 1.807) is 37.2 Å². The average molecular weight is 405 g/mol. The molecule has 0 unspecified atom stereocenters.